The Bertz CT molecular complexity index is 3600. The van der Waals surface area contributed by atoms with Crippen LogP contribution < -0.4 is 19.3 Å². The van der Waals surface area contributed by atoms with Gasteiger partial charge in [-0.15, -0.1) is 0 Å². The van der Waals surface area contributed by atoms with Gasteiger partial charge in [0, 0.05) is 44.0 Å². The normalized spacial score (nSPS) is 12.3. The zero-order valence-electron chi connectivity index (χ0n) is 34.5. The first-order valence-corrected chi connectivity index (χ1v) is 21.8. The smallest absolute Gasteiger partial charge is 0.159 e. The monoisotopic (exact) mass is 816 g/mol. The van der Waals surface area contributed by atoms with Gasteiger partial charge in [-0.25, -0.2) is 0 Å². The Morgan fingerprint density at radius 2 is 0.625 bits per heavy atom. The third-order valence-corrected chi connectivity index (χ3v) is 13.3. The lowest BCUT2D eigenvalue weighted by atomic mass is 9.91. The molecule has 0 saturated heterocycles. The Morgan fingerprint density at radius 1 is 0.250 bits per heavy atom. The quantitative estimate of drug-likeness (QED) is 0.156. The first-order valence-electron chi connectivity index (χ1n) is 21.8. The van der Waals surface area contributed by atoms with Crippen LogP contribution in [0.25, 0.3) is 76.1 Å². The van der Waals surface area contributed by atoms with Crippen LogP contribution in [0.1, 0.15) is 0 Å². The summed E-state index contributed by atoms with van der Waals surface area (Å²) in [7, 11) is 0. The molecule has 298 valence electrons. The molecule has 12 aromatic carbocycles. The van der Waals surface area contributed by atoms with Crippen molar-refractivity contribution in [3.63, 3.8) is 0 Å². The van der Waals surface area contributed by atoms with Crippen LogP contribution in [0, 0.1) is 0 Å². The predicted molar refractivity (Wildman–Crippen MR) is 266 cm³/mol. The second-order valence-electron chi connectivity index (χ2n) is 16.8. The molecule has 0 bridgehead atoms. The molecule has 2 heterocycles. The van der Waals surface area contributed by atoms with Gasteiger partial charge in [-0.05, 0) is 104 Å². The Hall–Kier alpha value is -8.60. The highest BCUT2D eigenvalue weighted by atomic mass is 16.5. The predicted octanol–water partition coefficient (Wildman–Crippen LogP) is 17.4. The minimum atomic E-state index is 0.844. The molecule has 2 aliphatic rings. The summed E-state index contributed by atoms with van der Waals surface area (Å²) < 4.78 is 13.9. The molecule has 0 unspecified atom stereocenters. The van der Waals surface area contributed by atoms with Crippen LogP contribution in [-0.2, 0) is 0 Å². The molecule has 12 aromatic rings. The van der Waals surface area contributed by atoms with E-state index in [0.29, 0.717) is 0 Å². The fourth-order valence-electron chi connectivity index (χ4n) is 10.6. The van der Waals surface area contributed by atoms with Crippen molar-refractivity contribution in [3.8, 4) is 45.3 Å². The SMILES string of the molecule is c1ccc(N(c2cccc3c2Oc2cccc4cccc-3c24)c2ccc3ccc4c(N(c5ccccc5)c5cccc6c5Oc5cccc7cccc-6c57)ccc5ccc2c3c54)cc1. The molecule has 14 rings (SSSR count). The van der Waals surface area contributed by atoms with E-state index in [1.807, 2.05) is 0 Å². The molecule has 0 aromatic heterocycles. The van der Waals surface area contributed by atoms with Gasteiger partial charge < -0.3 is 19.3 Å². The molecule has 0 spiro atoms. The van der Waals surface area contributed by atoms with Gasteiger partial charge in [0.1, 0.15) is 11.5 Å². The average molecular weight is 817 g/mol. The highest BCUT2D eigenvalue weighted by molar-refractivity contribution is 6.28. The summed E-state index contributed by atoms with van der Waals surface area (Å²) in [6, 6.07) is 78.4. The molecule has 0 amide bonds. The number of rotatable bonds is 6. The maximum Gasteiger partial charge on any atom is 0.159 e. The largest absolute Gasteiger partial charge is 0.454 e. The number of fused-ring (bicyclic) bond motifs is 4. The summed E-state index contributed by atoms with van der Waals surface area (Å²) in [6.45, 7) is 0. The van der Waals surface area contributed by atoms with Gasteiger partial charge in [0.05, 0.1) is 22.7 Å². The van der Waals surface area contributed by atoms with Crippen molar-refractivity contribution in [2.75, 3.05) is 9.80 Å². The maximum atomic E-state index is 6.97. The average Bonchev–Trinajstić information content (AvgIpc) is 3.35. The van der Waals surface area contributed by atoms with E-state index in [1.54, 1.807) is 0 Å². The summed E-state index contributed by atoms with van der Waals surface area (Å²) in [5, 5.41) is 11.8. The molecule has 0 fully saturated rings. The highest BCUT2D eigenvalue weighted by Gasteiger charge is 2.30. The van der Waals surface area contributed by atoms with E-state index in [-0.39, 0.29) is 0 Å². The summed E-state index contributed by atoms with van der Waals surface area (Å²) >= 11 is 0. The Balaban J connectivity index is 1.00. The van der Waals surface area contributed by atoms with Crippen LogP contribution in [0.5, 0.6) is 23.0 Å². The molecule has 2 aliphatic heterocycles. The number of benzene rings is 12. The summed E-state index contributed by atoms with van der Waals surface area (Å²) in [4.78, 5) is 4.75. The molecular formula is C60H36N2O2. The summed E-state index contributed by atoms with van der Waals surface area (Å²) in [6.07, 6.45) is 0. The van der Waals surface area contributed by atoms with Gasteiger partial charge in [0.15, 0.2) is 11.5 Å². The fraction of sp³-hybridized carbons (Fsp3) is 0. The zero-order valence-corrected chi connectivity index (χ0v) is 34.5. The van der Waals surface area contributed by atoms with E-state index in [4.69, 9.17) is 9.47 Å². The van der Waals surface area contributed by atoms with Gasteiger partial charge >= 0.3 is 0 Å². The molecule has 0 aliphatic carbocycles. The number of para-hydroxylation sites is 4. The third-order valence-electron chi connectivity index (χ3n) is 13.3. The van der Waals surface area contributed by atoms with Gasteiger partial charge in [0.25, 0.3) is 0 Å². The fourth-order valence-corrected chi connectivity index (χ4v) is 10.6. The van der Waals surface area contributed by atoms with Gasteiger partial charge in [0.2, 0.25) is 0 Å². The number of anilines is 6. The van der Waals surface area contributed by atoms with E-state index in [2.05, 4.69) is 228 Å². The van der Waals surface area contributed by atoms with E-state index in [1.165, 1.54) is 43.4 Å². The topological polar surface area (TPSA) is 24.9 Å². The zero-order chi connectivity index (χ0) is 41.9. The molecule has 0 saturated carbocycles. The summed E-state index contributed by atoms with van der Waals surface area (Å²) in [5.41, 5.74) is 10.7. The van der Waals surface area contributed by atoms with E-state index in [9.17, 15) is 0 Å². The van der Waals surface area contributed by atoms with Crippen molar-refractivity contribution >= 4 is 88.0 Å². The molecule has 64 heavy (non-hydrogen) atoms. The molecule has 4 nitrogen and oxygen atoms in total. The van der Waals surface area contributed by atoms with Crippen molar-refractivity contribution in [1.82, 2.24) is 0 Å². The van der Waals surface area contributed by atoms with Crippen molar-refractivity contribution in [2.45, 2.75) is 0 Å². The minimum absolute atomic E-state index is 0.844. The second-order valence-corrected chi connectivity index (χ2v) is 16.8. The maximum absolute atomic E-state index is 6.97. The lowest BCUT2D eigenvalue weighted by molar-refractivity contribution is 0.488. The summed E-state index contributed by atoms with van der Waals surface area (Å²) in [5.74, 6) is 3.43. The highest BCUT2D eigenvalue weighted by Crippen LogP contribution is 2.56. The van der Waals surface area contributed by atoms with Crippen molar-refractivity contribution in [1.29, 1.82) is 0 Å². The Kier molecular flexibility index (Phi) is 7.36. The van der Waals surface area contributed by atoms with Crippen LogP contribution >= 0.6 is 0 Å². The van der Waals surface area contributed by atoms with E-state index in [0.717, 1.165) is 89.8 Å². The second kappa shape index (κ2) is 13.4. The van der Waals surface area contributed by atoms with E-state index >= 15 is 0 Å². The first-order chi connectivity index (χ1) is 31.8. The van der Waals surface area contributed by atoms with Gasteiger partial charge in [-0.2, -0.15) is 0 Å². The number of ether oxygens (including phenoxy) is 2. The number of hydrogen-bond donors (Lipinski definition) is 0. The number of nitrogens with zero attached hydrogens (tertiary/aromatic N) is 2. The molecule has 4 heteroatoms. The van der Waals surface area contributed by atoms with Crippen LogP contribution in [0.2, 0.25) is 0 Å². The van der Waals surface area contributed by atoms with E-state index < -0.39 is 0 Å². The lowest BCUT2D eigenvalue weighted by Gasteiger charge is -2.32. The van der Waals surface area contributed by atoms with Crippen molar-refractivity contribution < 1.29 is 9.47 Å². The van der Waals surface area contributed by atoms with Crippen molar-refractivity contribution in [2.24, 2.45) is 0 Å². The van der Waals surface area contributed by atoms with Gasteiger partial charge in [-0.1, -0.05) is 158 Å². The molecule has 0 radical (unpaired) electrons. The first kappa shape index (κ1) is 35.0. The minimum Gasteiger partial charge on any atom is -0.454 e. The number of hydrogen-bond acceptors (Lipinski definition) is 4. The van der Waals surface area contributed by atoms with Crippen LogP contribution in [0.4, 0.5) is 34.1 Å². The molecular weight excluding hydrogens is 781 g/mol. The van der Waals surface area contributed by atoms with Crippen LogP contribution in [-0.4, -0.2) is 0 Å². The van der Waals surface area contributed by atoms with Crippen LogP contribution in [0.3, 0.4) is 0 Å². The third kappa shape index (κ3) is 4.99. The standard InChI is InChI=1S/C60H36N2O2/c1-3-17-41(18-4-1)61(51-25-11-23-45-43-21-7-13-37-15-9-27-53(55(37)43)63-59(45)51)49-35-31-39-30-34-48-50(36-32-40-29-33-47(49)57(39)58(40)48)62(42-19-5-2-6-20-42)52-26-12-24-46-44-22-8-14-38-16-10-28-54(56(38)44)64-60(46)52/h1-36H. The van der Waals surface area contributed by atoms with Crippen LogP contribution in [0.15, 0.2) is 218 Å². The Morgan fingerprint density at radius 3 is 1.08 bits per heavy atom. The lowest BCUT2D eigenvalue weighted by Crippen LogP contribution is -2.13. The van der Waals surface area contributed by atoms with Gasteiger partial charge in [-0.3, -0.25) is 0 Å². The Labute approximate surface area is 369 Å². The molecule has 0 atom stereocenters. The molecule has 0 N–H and O–H groups in total. The van der Waals surface area contributed by atoms with Crippen molar-refractivity contribution in [3.05, 3.63) is 218 Å².